The summed E-state index contributed by atoms with van der Waals surface area (Å²) in [6, 6.07) is 0. The van der Waals surface area contributed by atoms with Gasteiger partial charge in [-0.3, -0.25) is 0 Å². The number of aliphatic hydroxyl groups is 1. The van der Waals surface area contributed by atoms with Crippen molar-refractivity contribution in [3.8, 4) is 0 Å². The van der Waals surface area contributed by atoms with Gasteiger partial charge in [0.2, 0.25) is 0 Å². The lowest BCUT2D eigenvalue weighted by molar-refractivity contribution is -0.139. The number of carbonyl (C=O) groups is 2. The number of carboxylic acid groups (broad SMARTS) is 1. The van der Waals surface area contributed by atoms with Gasteiger partial charge in [-0.15, -0.1) is 0 Å². The van der Waals surface area contributed by atoms with E-state index in [1.807, 2.05) is 0 Å². The second-order valence-electron chi connectivity index (χ2n) is 2.91. The zero-order chi connectivity index (χ0) is 11.8. The van der Waals surface area contributed by atoms with E-state index in [4.69, 9.17) is 14.9 Å². The fourth-order valence-electron chi connectivity index (χ4n) is 0.796. The molecule has 0 fully saturated rings. The maximum Gasteiger partial charge on any atom is 0.407 e. The number of aliphatic hydroxyl groups excluding tert-OH is 1. The molecule has 0 aromatic carbocycles. The Morgan fingerprint density at radius 3 is 2.40 bits per heavy atom. The van der Waals surface area contributed by atoms with Gasteiger partial charge in [0, 0.05) is 12.1 Å². The van der Waals surface area contributed by atoms with Crippen molar-refractivity contribution in [3.63, 3.8) is 0 Å². The number of ether oxygens (including phenoxy) is 1. The lowest BCUT2D eigenvalue weighted by atomic mass is 10.4. The average molecular weight is 217 g/mol. The largest absolute Gasteiger partial charge is 0.465 e. The predicted molar refractivity (Wildman–Crippen MR) is 52.5 cm³/mol. The van der Waals surface area contributed by atoms with Crippen molar-refractivity contribution in [3.05, 3.63) is 12.2 Å². The van der Waals surface area contributed by atoms with E-state index in [2.05, 4.69) is 6.58 Å². The molecular weight excluding hydrogens is 202 g/mol. The first-order valence-corrected chi connectivity index (χ1v) is 4.40. The highest BCUT2D eigenvalue weighted by molar-refractivity contribution is 5.86. The minimum atomic E-state index is -1.16. The van der Waals surface area contributed by atoms with Crippen molar-refractivity contribution in [2.24, 2.45) is 0 Å². The summed E-state index contributed by atoms with van der Waals surface area (Å²) in [7, 11) is 0. The predicted octanol–water partition coefficient (Wildman–Crippen LogP) is 0.0780. The van der Waals surface area contributed by atoms with E-state index in [1.165, 1.54) is 6.92 Å². The van der Waals surface area contributed by atoms with Crippen molar-refractivity contribution < 1.29 is 24.5 Å². The molecule has 0 aliphatic heterocycles. The van der Waals surface area contributed by atoms with E-state index in [-0.39, 0.29) is 31.9 Å². The highest BCUT2D eigenvalue weighted by Crippen LogP contribution is 1.94. The summed E-state index contributed by atoms with van der Waals surface area (Å²) < 4.78 is 4.71. The van der Waals surface area contributed by atoms with Crippen molar-refractivity contribution in [2.75, 3.05) is 26.3 Å². The van der Waals surface area contributed by atoms with Crippen LogP contribution in [0.1, 0.15) is 6.92 Å². The van der Waals surface area contributed by atoms with Gasteiger partial charge in [-0.05, 0) is 6.92 Å². The smallest absolute Gasteiger partial charge is 0.407 e. The summed E-state index contributed by atoms with van der Waals surface area (Å²) in [6.45, 7) is 4.61. The maximum absolute atomic E-state index is 10.9. The summed E-state index contributed by atoms with van der Waals surface area (Å²) in [6.07, 6.45) is -1.16. The number of carbonyl (C=O) groups excluding carboxylic acids is 1. The van der Waals surface area contributed by atoms with Crippen LogP contribution in [0.5, 0.6) is 0 Å². The molecule has 0 bridgehead atoms. The number of rotatable bonds is 6. The van der Waals surface area contributed by atoms with Crippen LogP contribution in [0.25, 0.3) is 0 Å². The minimum absolute atomic E-state index is 0.0000444. The van der Waals surface area contributed by atoms with Crippen LogP contribution in [0.2, 0.25) is 0 Å². The molecule has 0 aliphatic carbocycles. The zero-order valence-corrected chi connectivity index (χ0v) is 8.60. The summed E-state index contributed by atoms with van der Waals surface area (Å²) >= 11 is 0. The van der Waals surface area contributed by atoms with Crippen molar-refractivity contribution in [1.82, 2.24) is 4.90 Å². The molecule has 0 heterocycles. The van der Waals surface area contributed by atoms with Gasteiger partial charge in [0.25, 0.3) is 0 Å². The van der Waals surface area contributed by atoms with Crippen LogP contribution < -0.4 is 0 Å². The standard InChI is InChI=1S/C9H15NO5/c1-7(2)8(12)15-6-4-10(3-5-11)9(13)14/h11H,1,3-6H2,2H3,(H,13,14). The Bertz CT molecular complexity index is 251. The van der Waals surface area contributed by atoms with Gasteiger partial charge in [0.15, 0.2) is 0 Å². The first-order valence-electron chi connectivity index (χ1n) is 4.40. The molecule has 2 N–H and O–H groups in total. The Kier molecular flexibility index (Phi) is 6.12. The molecule has 6 heteroatoms. The highest BCUT2D eigenvalue weighted by atomic mass is 16.5. The summed E-state index contributed by atoms with van der Waals surface area (Å²) in [4.78, 5) is 22.4. The quantitative estimate of drug-likeness (QED) is 0.486. The second-order valence-corrected chi connectivity index (χ2v) is 2.91. The van der Waals surface area contributed by atoms with E-state index in [1.54, 1.807) is 0 Å². The van der Waals surface area contributed by atoms with E-state index >= 15 is 0 Å². The fourth-order valence-corrected chi connectivity index (χ4v) is 0.796. The van der Waals surface area contributed by atoms with Crippen LogP contribution in [0.3, 0.4) is 0 Å². The number of hydrogen-bond donors (Lipinski definition) is 2. The van der Waals surface area contributed by atoms with E-state index in [9.17, 15) is 9.59 Å². The first kappa shape index (κ1) is 13.4. The topological polar surface area (TPSA) is 87.1 Å². The zero-order valence-electron chi connectivity index (χ0n) is 8.60. The Morgan fingerprint density at radius 2 is 2.00 bits per heavy atom. The number of esters is 1. The van der Waals surface area contributed by atoms with Crippen LogP contribution in [0.15, 0.2) is 12.2 Å². The first-order chi connectivity index (χ1) is 6.99. The van der Waals surface area contributed by atoms with E-state index in [0.717, 1.165) is 4.90 Å². The molecule has 1 amide bonds. The minimum Gasteiger partial charge on any atom is -0.465 e. The average Bonchev–Trinajstić information content (AvgIpc) is 2.15. The summed E-state index contributed by atoms with van der Waals surface area (Å²) in [5, 5.41) is 17.2. The molecule has 0 saturated heterocycles. The van der Waals surface area contributed by atoms with Gasteiger partial charge < -0.3 is 19.8 Å². The third kappa shape index (κ3) is 5.69. The SMILES string of the molecule is C=C(C)C(=O)OCCN(CCO)C(=O)O. The maximum atomic E-state index is 10.9. The fraction of sp³-hybridized carbons (Fsp3) is 0.556. The third-order valence-corrected chi connectivity index (χ3v) is 1.58. The van der Waals surface area contributed by atoms with Gasteiger partial charge in [-0.2, -0.15) is 0 Å². The van der Waals surface area contributed by atoms with E-state index < -0.39 is 12.1 Å². The van der Waals surface area contributed by atoms with Crippen molar-refractivity contribution >= 4 is 12.1 Å². The third-order valence-electron chi connectivity index (χ3n) is 1.58. The second kappa shape index (κ2) is 6.83. The monoisotopic (exact) mass is 217 g/mol. The van der Waals surface area contributed by atoms with Crippen LogP contribution in [-0.4, -0.2) is 53.5 Å². The molecule has 86 valence electrons. The van der Waals surface area contributed by atoms with Crippen LogP contribution in [0, 0.1) is 0 Å². The number of nitrogens with zero attached hydrogens (tertiary/aromatic N) is 1. The molecule has 0 radical (unpaired) electrons. The van der Waals surface area contributed by atoms with Crippen LogP contribution in [0.4, 0.5) is 4.79 Å². The molecule has 0 rings (SSSR count). The highest BCUT2D eigenvalue weighted by Gasteiger charge is 2.11. The number of amides is 1. The number of hydrogen-bond acceptors (Lipinski definition) is 4. The van der Waals surface area contributed by atoms with Gasteiger partial charge in [0.05, 0.1) is 13.2 Å². The molecule has 0 spiro atoms. The Labute approximate surface area is 87.8 Å². The molecule has 0 saturated carbocycles. The lowest BCUT2D eigenvalue weighted by Gasteiger charge is -2.17. The van der Waals surface area contributed by atoms with Gasteiger partial charge >= 0.3 is 12.1 Å². The molecular formula is C9H15NO5. The van der Waals surface area contributed by atoms with Crippen molar-refractivity contribution in [2.45, 2.75) is 6.92 Å². The summed E-state index contributed by atoms with van der Waals surface area (Å²) in [5.41, 5.74) is 0.263. The molecule has 0 atom stereocenters. The van der Waals surface area contributed by atoms with Crippen LogP contribution >= 0.6 is 0 Å². The summed E-state index contributed by atoms with van der Waals surface area (Å²) in [5.74, 6) is -0.552. The molecule has 6 nitrogen and oxygen atoms in total. The molecule has 15 heavy (non-hydrogen) atoms. The van der Waals surface area contributed by atoms with E-state index in [0.29, 0.717) is 0 Å². The molecule has 0 unspecified atom stereocenters. The van der Waals surface area contributed by atoms with Crippen molar-refractivity contribution in [1.29, 1.82) is 0 Å². The Balaban J connectivity index is 3.85. The van der Waals surface area contributed by atoms with Gasteiger partial charge in [0.1, 0.15) is 6.61 Å². The van der Waals surface area contributed by atoms with Crippen LogP contribution in [-0.2, 0) is 9.53 Å². The Morgan fingerprint density at radius 1 is 1.40 bits per heavy atom. The lowest BCUT2D eigenvalue weighted by Crippen LogP contribution is -2.35. The molecule has 0 aromatic heterocycles. The molecule has 0 aromatic rings. The van der Waals surface area contributed by atoms with Gasteiger partial charge in [-0.25, -0.2) is 9.59 Å². The van der Waals surface area contributed by atoms with Gasteiger partial charge in [-0.1, -0.05) is 6.58 Å². The molecule has 0 aliphatic rings. The normalized spacial score (nSPS) is 9.47. The Hall–Kier alpha value is -1.56.